The minimum Gasteiger partial charge on any atom is -0.506 e. The number of hydrogen-bond acceptors (Lipinski definition) is 8. The number of phenolic OH excluding ortho intramolecular Hbond substituents is 1. The molecule has 2 unspecified atom stereocenters. The number of rotatable bonds is 2. The number of benzene rings is 1. The Balaban J connectivity index is 1.54. The van der Waals surface area contributed by atoms with E-state index in [-0.39, 0.29) is 17.8 Å². The second-order valence-corrected chi connectivity index (χ2v) is 7.31. The van der Waals surface area contributed by atoms with Crippen molar-refractivity contribution in [2.75, 3.05) is 18.0 Å². The molecule has 2 atom stereocenters. The normalized spacial score (nSPS) is 22.3. The Morgan fingerprint density at radius 3 is 2.69 bits per heavy atom. The molecule has 9 nitrogen and oxygen atoms in total. The topological polar surface area (TPSA) is 116 Å². The molecule has 2 aliphatic rings. The quantitative estimate of drug-likeness (QED) is 0.703. The van der Waals surface area contributed by atoms with Gasteiger partial charge in [-0.2, -0.15) is 9.36 Å². The molecule has 4 heterocycles. The van der Waals surface area contributed by atoms with E-state index >= 15 is 0 Å². The molecule has 10 heteroatoms. The predicted octanol–water partition coefficient (Wildman–Crippen LogP) is 2.38. The summed E-state index contributed by atoms with van der Waals surface area (Å²) in [5, 5.41) is 20.3. The molecule has 26 heavy (non-hydrogen) atoms. The lowest BCUT2D eigenvalue weighted by Gasteiger charge is -2.38. The maximum absolute atomic E-state index is 11.4. The van der Waals surface area contributed by atoms with Crippen molar-refractivity contribution >= 4 is 34.7 Å². The molecule has 0 spiro atoms. The fraction of sp³-hybridized carbons (Fsp3) is 0.375. The summed E-state index contributed by atoms with van der Waals surface area (Å²) in [4.78, 5) is 23.6. The van der Waals surface area contributed by atoms with E-state index in [0.29, 0.717) is 35.2 Å². The fourth-order valence-electron chi connectivity index (χ4n) is 3.95. The smallest absolute Gasteiger partial charge is 0.407 e. The van der Waals surface area contributed by atoms with Gasteiger partial charge in [-0.1, -0.05) is 0 Å². The standard InChI is InChI=1S/C16H15N5O4S/c22-11-4-3-10(14-17-7-18-26-14)13-12(11)19-15(25-13)20-5-8-1-2-9(6-20)21(8)16(23)24/h3-4,7-9,22H,1-2,5-6H2,(H,23,24). The maximum Gasteiger partial charge on any atom is 0.407 e. The van der Waals surface area contributed by atoms with Crippen molar-refractivity contribution in [2.24, 2.45) is 0 Å². The number of fused-ring (bicyclic) bond motifs is 3. The van der Waals surface area contributed by atoms with Crippen LogP contribution in [0, 0.1) is 0 Å². The summed E-state index contributed by atoms with van der Waals surface area (Å²) in [6, 6.07) is 3.58. The number of carbonyl (C=O) groups is 1. The Kier molecular flexibility index (Phi) is 3.29. The zero-order chi connectivity index (χ0) is 17.8. The van der Waals surface area contributed by atoms with Crippen LogP contribution in [-0.4, -0.2) is 60.7 Å². The number of hydrogen-bond donors (Lipinski definition) is 2. The summed E-state index contributed by atoms with van der Waals surface area (Å²) in [6.07, 6.45) is 2.29. The highest BCUT2D eigenvalue weighted by Gasteiger charge is 2.43. The van der Waals surface area contributed by atoms with Crippen molar-refractivity contribution < 1.29 is 19.4 Å². The number of oxazole rings is 1. The molecule has 5 rings (SSSR count). The molecule has 1 aromatic carbocycles. The first-order valence-electron chi connectivity index (χ1n) is 8.27. The summed E-state index contributed by atoms with van der Waals surface area (Å²) < 4.78 is 10.0. The summed E-state index contributed by atoms with van der Waals surface area (Å²) in [5.41, 5.74) is 1.57. The van der Waals surface area contributed by atoms with Gasteiger partial charge in [-0.15, -0.1) is 0 Å². The van der Waals surface area contributed by atoms with E-state index in [0.717, 1.165) is 18.4 Å². The van der Waals surface area contributed by atoms with Crippen LogP contribution in [0.25, 0.3) is 21.7 Å². The van der Waals surface area contributed by atoms with E-state index in [1.54, 1.807) is 17.0 Å². The lowest BCUT2D eigenvalue weighted by molar-refractivity contribution is 0.114. The third-order valence-electron chi connectivity index (χ3n) is 5.08. The monoisotopic (exact) mass is 373 g/mol. The van der Waals surface area contributed by atoms with Crippen molar-refractivity contribution in [1.29, 1.82) is 0 Å². The van der Waals surface area contributed by atoms with Gasteiger partial charge in [0, 0.05) is 13.1 Å². The van der Waals surface area contributed by atoms with Gasteiger partial charge in [0.2, 0.25) is 0 Å². The number of amides is 1. The summed E-state index contributed by atoms with van der Waals surface area (Å²) in [5.74, 6) is 0.0374. The Bertz CT molecular complexity index is 974. The molecule has 0 saturated carbocycles. The summed E-state index contributed by atoms with van der Waals surface area (Å²) >= 11 is 1.24. The molecule has 3 aromatic rings. The average molecular weight is 373 g/mol. The van der Waals surface area contributed by atoms with Gasteiger partial charge in [0.1, 0.15) is 17.1 Å². The van der Waals surface area contributed by atoms with Gasteiger partial charge in [-0.25, -0.2) is 9.78 Å². The first-order valence-corrected chi connectivity index (χ1v) is 9.05. The van der Waals surface area contributed by atoms with E-state index in [9.17, 15) is 15.0 Å². The van der Waals surface area contributed by atoms with Gasteiger partial charge >= 0.3 is 6.09 Å². The zero-order valence-corrected chi connectivity index (χ0v) is 14.4. The van der Waals surface area contributed by atoms with Crippen LogP contribution in [0.5, 0.6) is 5.75 Å². The van der Waals surface area contributed by atoms with Crippen LogP contribution < -0.4 is 4.90 Å². The number of phenols is 1. The number of carboxylic acid groups (broad SMARTS) is 1. The lowest BCUT2D eigenvalue weighted by atomic mass is 10.2. The van der Waals surface area contributed by atoms with Crippen LogP contribution in [0.1, 0.15) is 12.8 Å². The number of nitrogens with zero attached hydrogens (tertiary/aromatic N) is 5. The summed E-state index contributed by atoms with van der Waals surface area (Å²) in [7, 11) is 0. The van der Waals surface area contributed by atoms with E-state index in [1.807, 2.05) is 4.90 Å². The number of piperazine rings is 1. The Hall–Kier alpha value is -2.88. The Morgan fingerprint density at radius 1 is 1.27 bits per heavy atom. The van der Waals surface area contributed by atoms with Crippen molar-refractivity contribution in [1.82, 2.24) is 19.2 Å². The minimum atomic E-state index is -0.870. The molecule has 0 radical (unpaired) electrons. The second-order valence-electron chi connectivity index (χ2n) is 6.53. The molecular weight excluding hydrogens is 358 g/mol. The SMILES string of the molecule is O=C(O)N1C2CCC1CN(c1nc3c(O)ccc(-c4ncns4)c3o1)C2. The molecule has 2 saturated heterocycles. The van der Waals surface area contributed by atoms with Crippen LogP contribution in [0.2, 0.25) is 0 Å². The largest absolute Gasteiger partial charge is 0.506 e. The van der Waals surface area contributed by atoms with Gasteiger partial charge in [0.05, 0.1) is 17.6 Å². The van der Waals surface area contributed by atoms with E-state index in [1.165, 1.54) is 17.9 Å². The lowest BCUT2D eigenvalue weighted by Crippen LogP contribution is -2.55. The number of anilines is 1. The van der Waals surface area contributed by atoms with Crippen LogP contribution in [-0.2, 0) is 0 Å². The minimum absolute atomic E-state index is 0.0374. The van der Waals surface area contributed by atoms with Crippen LogP contribution in [0.3, 0.4) is 0 Å². The molecule has 134 valence electrons. The van der Waals surface area contributed by atoms with Crippen molar-refractivity contribution in [3.63, 3.8) is 0 Å². The van der Waals surface area contributed by atoms with Gasteiger partial charge in [-0.05, 0) is 36.5 Å². The number of aromatic nitrogens is 3. The molecule has 2 N–H and O–H groups in total. The van der Waals surface area contributed by atoms with Crippen molar-refractivity contribution in [3.8, 4) is 16.3 Å². The fourth-order valence-corrected chi connectivity index (χ4v) is 4.50. The maximum atomic E-state index is 11.4. The number of aromatic hydroxyl groups is 1. The summed E-state index contributed by atoms with van der Waals surface area (Å²) in [6.45, 7) is 1.06. The van der Waals surface area contributed by atoms with Crippen molar-refractivity contribution in [2.45, 2.75) is 24.9 Å². The van der Waals surface area contributed by atoms with Gasteiger partial charge in [0.25, 0.3) is 6.01 Å². The van der Waals surface area contributed by atoms with Crippen LogP contribution in [0.15, 0.2) is 22.9 Å². The Labute approximate surface area is 151 Å². The molecule has 0 aliphatic carbocycles. The van der Waals surface area contributed by atoms with Crippen molar-refractivity contribution in [3.05, 3.63) is 18.5 Å². The van der Waals surface area contributed by atoms with Gasteiger partial charge in [0.15, 0.2) is 11.1 Å². The Morgan fingerprint density at radius 2 is 2.04 bits per heavy atom. The average Bonchev–Trinajstić information content (AvgIpc) is 3.34. The zero-order valence-electron chi connectivity index (χ0n) is 13.6. The molecule has 2 bridgehead atoms. The van der Waals surface area contributed by atoms with Gasteiger partial charge in [-0.3, -0.25) is 4.90 Å². The third-order valence-corrected chi connectivity index (χ3v) is 5.77. The third kappa shape index (κ3) is 2.22. The molecule has 1 amide bonds. The second kappa shape index (κ2) is 5.56. The van der Waals surface area contributed by atoms with Crippen LogP contribution >= 0.6 is 11.5 Å². The highest BCUT2D eigenvalue weighted by Crippen LogP contribution is 2.38. The highest BCUT2D eigenvalue weighted by molar-refractivity contribution is 7.09. The van der Waals surface area contributed by atoms with E-state index in [4.69, 9.17) is 4.42 Å². The van der Waals surface area contributed by atoms with E-state index in [2.05, 4.69) is 14.3 Å². The molecular formula is C16H15N5O4S. The highest BCUT2D eigenvalue weighted by atomic mass is 32.1. The molecule has 2 aromatic heterocycles. The first kappa shape index (κ1) is 15.4. The van der Waals surface area contributed by atoms with Crippen LogP contribution in [0.4, 0.5) is 10.8 Å². The first-order chi connectivity index (χ1) is 12.6. The molecule has 2 fully saturated rings. The molecule has 2 aliphatic heterocycles. The predicted molar refractivity (Wildman–Crippen MR) is 93.5 cm³/mol. The van der Waals surface area contributed by atoms with E-state index < -0.39 is 6.09 Å². The van der Waals surface area contributed by atoms with Gasteiger partial charge < -0.3 is 19.5 Å².